The summed E-state index contributed by atoms with van der Waals surface area (Å²) in [5.74, 6) is 0.354. The zero-order valence-corrected chi connectivity index (χ0v) is 7.47. The summed E-state index contributed by atoms with van der Waals surface area (Å²) in [6.45, 7) is 0.708. The highest BCUT2D eigenvalue weighted by atomic mass is 32.2. The van der Waals surface area contributed by atoms with Gasteiger partial charge in [0.2, 0.25) is 0 Å². The highest BCUT2D eigenvalue weighted by molar-refractivity contribution is 8.00. The number of hydrogen-bond acceptors (Lipinski definition) is 3. The van der Waals surface area contributed by atoms with Crippen molar-refractivity contribution in [3.05, 3.63) is 23.8 Å². The number of benzene rings is 1. The molecule has 1 aromatic rings. The van der Waals surface area contributed by atoms with Crippen LogP contribution in [0.1, 0.15) is 5.56 Å². The second kappa shape index (κ2) is 2.99. The van der Waals surface area contributed by atoms with Crippen molar-refractivity contribution in [1.82, 2.24) is 0 Å². The van der Waals surface area contributed by atoms with E-state index in [-0.39, 0.29) is 0 Å². The van der Waals surface area contributed by atoms with Crippen LogP contribution in [0.2, 0.25) is 0 Å². The van der Waals surface area contributed by atoms with Crippen LogP contribution in [0.15, 0.2) is 23.1 Å². The summed E-state index contributed by atoms with van der Waals surface area (Å²) < 4.78 is 0. The third-order valence-corrected chi connectivity index (χ3v) is 3.39. The van der Waals surface area contributed by atoms with Gasteiger partial charge in [0.05, 0.1) is 0 Å². The van der Waals surface area contributed by atoms with Crippen LogP contribution >= 0.6 is 11.8 Å². The van der Waals surface area contributed by atoms with Gasteiger partial charge in [-0.1, -0.05) is 0 Å². The van der Waals surface area contributed by atoms with Gasteiger partial charge in [0, 0.05) is 16.7 Å². The molecule has 0 aromatic heterocycles. The van der Waals surface area contributed by atoms with Gasteiger partial charge in [-0.15, -0.1) is 11.8 Å². The van der Waals surface area contributed by atoms with Gasteiger partial charge >= 0.3 is 0 Å². The first kappa shape index (κ1) is 7.95. The van der Waals surface area contributed by atoms with Gasteiger partial charge in [0.15, 0.2) is 0 Å². The summed E-state index contributed by atoms with van der Waals surface area (Å²) >= 11 is 1.81. The molecule has 0 fully saturated rings. The first-order valence-electron chi connectivity index (χ1n) is 3.98. The SMILES string of the molecule is NCC1Cc2cc(O)ccc2S1. The molecular formula is C9H11NOS. The minimum atomic E-state index is 0.354. The number of aromatic hydroxyl groups is 1. The average Bonchev–Trinajstić information content (AvgIpc) is 2.46. The van der Waals surface area contributed by atoms with Gasteiger partial charge in [-0.3, -0.25) is 0 Å². The monoisotopic (exact) mass is 181 g/mol. The van der Waals surface area contributed by atoms with Crippen molar-refractivity contribution in [2.45, 2.75) is 16.6 Å². The molecule has 2 rings (SSSR count). The molecule has 0 saturated carbocycles. The Morgan fingerprint density at radius 3 is 3.17 bits per heavy atom. The van der Waals surface area contributed by atoms with Crippen LogP contribution < -0.4 is 5.73 Å². The molecule has 0 aliphatic carbocycles. The summed E-state index contributed by atoms with van der Waals surface area (Å²) in [5.41, 5.74) is 6.80. The van der Waals surface area contributed by atoms with E-state index in [4.69, 9.17) is 5.73 Å². The minimum absolute atomic E-state index is 0.354. The van der Waals surface area contributed by atoms with Crippen LogP contribution in [0, 0.1) is 0 Å². The molecule has 0 bridgehead atoms. The van der Waals surface area contributed by atoms with Crippen molar-refractivity contribution in [3.8, 4) is 5.75 Å². The highest BCUT2D eigenvalue weighted by Crippen LogP contribution is 2.37. The third kappa shape index (κ3) is 1.30. The molecular weight excluding hydrogens is 170 g/mol. The number of fused-ring (bicyclic) bond motifs is 1. The maximum atomic E-state index is 9.21. The first-order chi connectivity index (χ1) is 5.79. The fourth-order valence-corrected chi connectivity index (χ4v) is 2.60. The van der Waals surface area contributed by atoms with E-state index in [1.165, 1.54) is 10.5 Å². The van der Waals surface area contributed by atoms with E-state index < -0.39 is 0 Å². The van der Waals surface area contributed by atoms with E-state index in [0.717, 1.165) is 6.42 Å². The van der Waals surface area contributed by atoms with Crippen LogP contribution in [-0.4, -0.2) is 16.9 Å². The molecule has 1 aliphatic heterocycles. The molecule has 1 unspecified atom stereocenters. The maximum absolute atomic E-state index is 9.21. The van der Waals surface area contributed by atoms with Gasteiger partial charge in [0.1, 0.15) is 5.75 Å². The zero-order chi connectivity index (χ0) is 8.55. The van der Waals surface area contributed by atoms with Crippen LogP contribution in [0.3, 0.4) is 0 Å². The Morgan fingerprint density at radius 1 is 1.58 bits per heavy atom. The molecule has 1 atom stereocenters. The van der Waals surface area contributed by atoms with Crippen molar-refractivity contribution in [2.24, 2.45) is 5.73 Å². The summed E-state index contributed by atoms with van der Waals surface area (Å²) in [5, 5.41) is 9.72. The fourth-order valence-electron chi connectivity index (χ4n) is 1.44. The zero-order valence-electron chi connectivity index (χ0n) is 6.66. The molecule has 1 aliphatic rings. The molecule has 0 saturated heterocycles. The van der Waals surface area contributed by atoms with Crippen LogP contribution in [0.4, 0.5) is 0 Å². The number of hydrogen-bond donors (Lipinski definition) is 2. The summed E-state index contributed by atoms with van der Waals surface area (Å²) in [6, 6.07) is 5.52. The van der Waals surface area contributed by atoms with Crippen LogP contribution in [0.5, 0.6) is 5.75 Å². The number of rotatable bonds is 1. The lowest BCUT2D eigenvalue weighted by Crippen LogP contribution is -2.15. The number of thioether (sulfide) groups is 1. The number of nitrogens with two attached hydrogens (primary N) is 1. The summed E-state index contributed by atoms with van der Waals surface area (Å²) in [7, 11) is 0. The van der Waals surface area contributed by atoms with Crippen molar-refractivity contribution in [2.75, 3.05) is 6.54 Å². The van der Waals surface area contributed by atoms with Crippen molar-refractivity contribution in [3.63, 3.8) is 0 Å². The Balaban J connectivity index is 2.30. The van der Waals surface area contributed by atoms with Crippen LogP contribution in [0.25, 0.3) is 0 Å². The molecule has 1 heterocycles. The third-order valence-electron chi connectivity index (χ3n) is 2.05. The topological polar surface area (TPSA) is 46.2 Å². The first-order valence-corrected chi connectivity index (χ1v) is 4.86. The van der Waals surface area contributed by atoms with E-state index in [0.29, 0.717) is 17.5 Å². The number of phenolic OH excluding ortho intramolecular Hbond substituents is 1. The minimum Gasteiger partial charge on any atom is -0.508 e. The molecule has 3 N–H and O–H groups in total. The van der Waals surface area contributed by atoms with Crippen molar-refractivity contribution >= 4 is 11.8 Å². The normalized spacial score (nSPS) is 20.9. The fraction of sp³-hybridized carbons (Fsp3) is 0.333. The maximum Gasteiger partial charge on any atom is 0.115 e. The quantitative estimate of drug-likeness (QED) is 0.687. The van der Waals surface area contributed by atoms with Gasteiger partial charge in [-0.25, -0.2) is 0 Å². The predicted octanol–water partition coefficient (Wildman–Crippen LogP) is 1.37. The Morgan fingerprint density at radius 2 is 2.42 bits per heavy atom. The van der Waals surface area contributed by atoms with E-state index in [2.05, 4.69) is 0 Å². The van der Waals surface area contributed by atoms with E-state index >= 15 is 0 Å². The predicted molar refractivity (Wildman–Crippen MR) is 50.5 cm³/mol. The molecule has 1 aromatic carbocycles. The molecule has 0 amide bonds. The largest absolute Gasteiger partial charge is 0.508 e. The summed E-state index contributed by atoms with van der Waals surface area (Å²) in [6.07, 6.45) is 0.991. The standard InChI is InChI=1S/C9H11NOS/c10-5-8-4-6-3-7(11)1-2-9(6)12-8/h1-3,8,11H,4-5,10H2. The van der Waals surface area contributed by atoms with E-state index in [9.17, 15) is 5.11 Å². The highest BCUT2D eigenvalue weighted by Gasteiger charge is 2.20. The number of phenols is 1. The average molecular weight is 181 g/mol. The van der Waals surface area contributed by atoms with Crippen molar-refractivity contribution in [1.29, 1.82) is 0 Å². The Hall–Kier alpha value is -0.670. The Kier molecular flexibility index (Phi) is 1.98. The van der Waals surface area contributed by atoms with Gasteiger partial charge in [0.25, 0.3) is 0 Å². The van der Waals surface area contributed by atoms with Gasteiger partial charge in [-0.05, 0) is 30.2 Å². The molecule has 0 radical (unpaired) electrons. The lowest BCUT2D eigenvalue weighted by molar-refractivity contribution is 0.474. The van der Waals surface area contributed by atoms with E-state index in [1.54, 1.807) is 6.07 Å². The smallest absolute Gasteiger partial charge is 0.115 e. The van der Waals surface area contributed by atoms with Gasteiger partial charge < -0.3 is 10.8 Å². The second-order valence-corrected chi connectivity index (χ2v) is 4.31. The molecule has 3 heteroatoms. The van der Waals surface area contributed by atoms with Crippen molar-refractivity contribution < 1.29 is 5.11 Å². The Labute approximate surface area is 75.8 Å². The molecule has 0 spiro atoms. The molecule has 12 heavy (non-hydrogen) atoms. The second-order valence-electron chi connectivity index (χ2n) is 2.97. The Bertz CT molecular complexity index is 301. The molecule has 2 nitrogen and oxygen atoms in total. The lowest BCUT2D eigenvalue weighted by Gasteiger charge is -2.00. The lowest BCUT2D eigenvalue weighted by atomic mass is 10.1. The molecule has 64 valence electrons. The van der Waals surface area contributed by atoms with Gasteiger partial charge in [-0.2, -0.15) is 0 Å². The van der Waals surface area contributed by atoms with E-state index in [1.807, 2.05) is 23.9 Å². The summed E-state index contributed by atoms with van der Waals surface area (Å²) in [4.78, 5) is 1.27. The van der Waals surface area contributed by atoms with Crippen LogP contribution in [-0.2, 0) is 6.42 Å².